The maximum atomic E-state index is 4.67. The highest BCUT2D eigenvalue weighted by molar-refractivity contribution is 7.11. The van der Waals surface area contributed by atoms with Gasteiger partial charge in [-0.05, 0) is 37.4 Å². The van der Waals surface area contributed by atoms with E-state index < -0.39 is 0 Å². The van der Waals surface area contributed by atoms with Crippen molar-refractivity contribution in [3.8, 4) is 0 Å². The first kappa shape index (κ1) is 14.3. The number of hydrogen-bond acceptors (Lipinski definition) is 3. The van der Waals surface area contributed by atoms with Crippen LogP contribution in [0.3, 0.4) is 0 Å². The molecule has 0 saturated heterocycles. The molecule has 3 aromatic rings. The second-order valence-corrected chi connectivity index (χ2v) is 6.62. The smallest absolute Gasteiger partial charge is 0.113 e. The molecule has 0 bridgehead atoms. The lowest BCUT2D eigenvalue weighted by Gasteiger charge is -2.09. The van der Waals surface area contributed by atoms with Gasteiger partial charge in [0.2, 0.25) is 0 Å². The third-order valence-electron chi connectivity index (χ3n) is 3.82. The Morgan fingerprint density at radius 1 is 1.24 bits per heavy atom. The molecular weight excluding hydrogens is 278 g/mol. The maximum absolute atomic E-state index is 4.67. The van der Waals surface area contributed by atoms with Gasteiger partial charge < -0.3 is 9.88 Å². The molecule has 21 heavy (non-hydrogen) atoms. The average Bonchev–Trinajstić information content (AvgIpc) is 3.02. The molecule has 4 heteroatoms. The summed E-state index contributed by atoms with van der Waals surface area (Å²) in [5.41, 5.74) is 3.83. The molecule has 1 N–H and O–H groups in total. The van der Waals surface area contributed by atoms with Crippen LogP contribution in [0.5, 0.6) is 0 Å². The lowest BCUT2D eigenvalue weighted by molar-refractivity contribution is 0.723. The van der Waals surface area contributed by atoms with Gasteiger partial charge in [-0.2, -0.15) is 0 Å². The van der Waals surface area contributed by atoms with E-state index in [4.69, 9.17) is 0 Å². The first-order chi connectivity index (χ1) is 10.2. The third-order valence-corrected chi connectivity index (χ3v) is 4.87. The molecule has 0 saturated carbocycles. The zero-order valence-electron chi connectivity index (χ0n) is 12.8. The highest BCUT2D eigenvalue weighted by Crippen LogP contribution is 2.23. The summed E-state index contributed by atoms with van der Waals surface area (Å²) in [4.78, 5) is 5.98. The van der Waals surface area contributed by atoms with Gasteiger partial charge in [0, 0.05) is 17.6 Å². The molecule has 2 aromatic heterocycles. The number of thiazole rings is 1. The SMILES string of the molecule is CCNCc1cccc2ccn(Cc3nc(C)c(C)s3)c12. The van der Waals surface area contributed by atoms with Crippen LogP contribution in [-0.4, -0.2) is 16.1 Å². The number of nitrogens with one attached hydrogen (secondary N) is 1. The summed E-state index contributed by atoms with van der Waals surface area (Å²) in [6.07, 6.45) is 2.17. The standard InChI is InChI=1S/C17H21N3S/c1-4-18-10-15-7-5-6-14-8-9-20(17(14)15)11-16-19-12(2)13(3)21-16/h5-9,18H,4,10-11H2,1-3H3. The largest absolute Gasteiger partial charge is 0.340 e. The van der Waals surface area contributed by atoms with Crippen LogP contribution in [-0.2, 0) is 13.1 Å². The number of para-hydroxylation sites is 1. The first-order valence-electron chi connectivity index (χ1n) is 7.39. The summed E-state index contributed by atoms with van der Waals surface area (Å²) < 4.78 is 2.32. The number of nitrogens with zero attached hydrogens (tertiary/aromatic N) is 2. The number of aryl methyl sites for hydroxylation is 2. The fourth-order valence-corrected chi connectivity index (χ4v) is 3.56. The zero-order valence-corrected chi connectivity index (χ0v) is 13.6. The molecule has 0 aliphatic carbocycles. The van der Waals surface area contributed by atoms with Crippen molar-refractivity contribution < 1.29 is 0 Å². The van der Waals surface area contributed by atoms with Gasteiger partial charge in [0.1, 0.15) is 5.01 Å². The molecule has 0 spiro atoms. The molecule has 0 aliphatic heterocycles. The van der Waals surface area contributed by atoms with Crippen LogP contribution in [0.15, 0.2) is 30.5 Å². The highest BCUT2D eigenvalue weighted by atomic mass is 32.1. The summed E-state index contributed by atoms with van der Waals surface area (Å²) in [6.45, 7) is 9.11. The van der Waals surface area contributed by atoms with Gasteiger partial charge in [-0.25, -0.2) is 4.98 Å². The Kier molecular flexibility index (Phi) is 4.08. The van der Waals surface area contributed by atoms with Crippen LogP contribution in [0.1, 0.15) is 28.1 Å². The average molecular weight is 299 g/mol. The Morgan fingerprint density at radius 2 is 2.10 bits per heavy atom. The van der Waals surface area contributed by atoms with Gasteiger partial charge in [-0.1, -0.05) is 25.1 Å². The van der Waals surface area contributed by atoms with Crippen LogP contribution >= 0.6 is 11.3 Å². The predicted molar refractivity (Wildman–Crippen MR) is 90.0 cm³/mol. The quantitative estimate of drug-likeness (QED) is 0.775. The van der Waals surface area contributed by atoms with Gasteiger partial charge in [-0.3, -0.25) is 0 Å². The second-order valence-electron chi connectivity index (χ2n) is 5.33. The first-order valence-corrected chi connectivity index (χ1v) is 8.21. The Balaban J connectivity index is 1.98. The van der Waals surface area contributed by atoms with Crippen LogP contribution < -0.4 is 5.32 Å². The number of hydrogen-bond donors (Lipinski definition) is 1. The fraction of sp³-hybridized carbons (Fsp3) is 0.353. The van der Waals surface area contributed by atoms with E-state index in [1.807, 2.05) is 0 Å². The molecule has 0 fully saturated rings. The van der Waals surface area contributed by atoms with Gasteiger partial charge in [0.15, 0.2) is 0 Å². The summed E-state index contributed by atoms with van der Waals surface area (Å²) in [5.74, 6) is 0. The van der Waals surface area contributed by atoms with E-state index >= 15 is 0 Å². The van der Waals surface area contributed by atoms with E-state index in [2.05, 4.69) is 66.1 Å². The van der Waals surface area contributed by atoms with Crippen LogP contribution in [0, 0.1) is 13.8 Å². The normalized spacial score (nSPS) is 11.4. The van der Waals surface area contributed by atoms with Crippen molar-refractivity contribution in [1.82, 2.24) is 14.9 Å². The number of fused-ring (bicyclic) bond motifs is 1. The Labute approximate surface area is 129 Å². The van der Waals surface area contributed by atoms with Crippen molar-refractivity contribution in [2.45, 2.75) is 33.9 Å². The van der Waals surface area contributed by atoms with Crippen LogP contribution in [0.2, 0.25) is 0 Å². The van der Waals surface area contributed by atoms with E-state index in [1.165, 1.54) is 26.4 Å². The topological polar surface area (TPSA) is 29.9 Å². The molecule has 3 rings (SSSR count). The number of rotatable bonds is 5. The van der Waals surface area contributed by atoms with Crippen LogP contribution in [0.4, 0.5) is 0 Å². The second kappa shape index (κ2) is 6.00. The zero-order chi connectivity index (χ0) is 14.8. The summed E-state index contributed by atoms with van der Waals surface area (Å²) >= 11 is 1.80. The summed E-state index contributed by atoms with van der Waals surface area (Å²) in [6, 6.07) is 8.72. The van der Waals surface area contributed by atoms with Crippen molar-refractivity contribution in [3.63, 3.8) is 0 Å². The molecule has 0 amide bonds. The van der Waals surface area contributed by atoms with Gasteiger partial charge >= 0.3 is 0 Å². The fourth-order valence-electron chi connectivity index (χ4n) is 2.63. The lowest BCUT2D eigenvalue weighted by atomic mass is 10.1. The minimum absolute atomic E-state index is 0.853. The van der Waals surface area contributed by atoms with E-state index in [-0.39, 0.29) is 0 Å². The van der Waals surface area contributed by atoms with Gasteiger partial charge in [0.05, 0.1) is 17.8 Å². The van der Waals surface area contributed by atoms with E-state index in [9.17, 15) is 0 Å². The molecule has 110 valence electrons. The maximum Gasteiger partial charge on any atom is 0.113 e. The minimum Gasteiger partial charge on any atom is -0.340 e. The van der Waals surface area contributed by atoms with Crippen molar-refractivity contribution in [3.05, 3.63) is 51.6 Å². The van der Waals surface area contributed by atoms with Gasteiger partial charge in [-0.15, -0.1) is 11.3 Å². The Bertz CT molecular complexity index is 735. The molecule has 0 unspecified atom stereocenters. The Hall–Kier alpha value is -1.65. The molecule has 0 radical (unpaired) electrons. The van der Waals surface area contributed by atoms with Crippen molar-refractivity contribution in [2.75, 3.05) is 6.54 Å². The number of benzene rings is 1. The van der Waals surface area contributed by atoms with E-state index in [0.717, 1.165) is 25.3 Å². The van der Waals surface area contributed by atoms with Crippen LogP contribution in [0.25, 0.3) is 10.9 Å². The molecule has 0 aliphatic rings. The van der Waals surface area contributed by atoms with Crippen molar-refractivity contribution in [2.24, 2.45) is 0 Å². The van der Waals surface area contributed by atoms with Crippen molar-refractivity contribution >= 4 is 22.2 Å². The predicted octanol–water partition coefficient (Wildman–Crippen LogP) is 3.87. The molecular formula is C17H21N3S. The van der Waals surface area contributed by atoms with E-state index in [0.29, 0.717) is 0 Å². The van der Waals surface area contributed by atoms with Gasteiger partial charge in [0.25, 0.3) is 0 Å². The highest BCUT2D eigenvalue weighted by Gasteiger charge is 2.09. The third kappa shape index (κ3) is 2.87. The summed E-state index contributed by atoms with van der Waals surface area (Å²) in [7, 11) is 0. The molecule has 0 atom stereocenters. The number of aromatic nitrogens is 2. The summed E-state index contributed by atoms with van der Waals surface area (Å²) in [5, 5.41) is 5.91. The monoisotopic (exact) mass is 299 g/mol. The molecule has 2 heterocycles. The van der Waals surface area contributed by atoms with Crippen molar-refractivity contribution in [1.29, 1.82) is 0 Å². The van der Waals surface area contributed by atoms with E-state index in [1.54, 1.807) is 11.3 Å². The Morgan fingerprint density at radius 3 is 2.81 bits per heavy atom. The lowest BCUT2D eigenvalue weighted by Crippen LogP contribution is -2.13. The molecule has 1 aromatic carbocycles. The molecule has 3 nitrogen and oxygen atoms in total. The minimum atomic E-state index is 0.853.